The van der Waals surface area contributed by atoms with Gasteiger partial charge in [0.25, 0.3) is 0 Å². The van der Waals surface area contributed by atoms with Crippen molar-refractivity contribution < 1.29 is 14.6 Å². The molecule has 0 aromatic carbocycles. The van der Waals surface area contributed by atoms with Crippen LogP contribution in [0.25, 0.3) is 0 Å². The molecule has 0 aromatic rings. The fourth-order valence-electron chi connectivity index (χ4n) is 3.07. The van der Waals surface area contributed by atoms with Gasteiger partial charge in [-0.25, -0.2) is 0 Å². The van der Waals surface area contributed by atoms with Gasteiger partial charge < -0.3 is 20.5 Å². The van der Waals surface area contributed by atoms with Crippen molar-refractivity contribution in [2.45, 2.75) is 38.3 Å². The lowest BCUT2D eigenvalue weighted by molar-refractivity contribution is -0.147. The Morgan fingerprint density at radius 3 is 2.94 bits per heavy atom. The standard InChI is InChI=1S/C13H24N2O3/c1-9-6-10(14)2-3-12(9)13(17)15-4-5-18-11(7-15)8-16/h9-12,16H,2-8,14H2,1H3. The van der Waals surface area contributed by atoms with E-state index >= 15 is 0 Å². The number of ether oxygens (including phenoxy) is 1. The second kappa shape index (κ2) is 5.99. The highest BCUT2D eigenvalue weighted by Gasteiger charge is 2.35. The maximum atomic E-state index is 12.5. The molecule has 3 N–H and O–H groups in total. The first kappa shape index (κ1) is 13.8. The fraction of sp³-hybridized carbons (Fsp3) is 0.923. The number of hydrogen-bond donors (Lipinski definition) is 2. The zero-order valence-corrected chi connectivity index (χ0v) is 11.0. The zero-order chi connectivity index (χ0) is 13.1. The minimum atomic E-state index is -0.219. The van der Waals surface area contributed by atoms with Gasteiger partial charge in [-0.1, -0.05) is 6.92 Å². The molecular weight excluding hydrogens is 232 g/mol. The number of morpholine rings is 1. The molecule has 1 amide bonds. The Morgan fingerprint density at radius 1 is 1.50 bits per heavy atom. The van der Waals surface area contributed by atoms with E-state index in [2.05, 4.69) is 6.92 Å². The number of carbonyl (C=O) groups is 1. The van der Waals surface area contributed by atoms with Crippen molar-refractivity contribution >= 4 is 5.91 Å². The van der Waals surface area contributed by atoms with E-state index < -0.39 is 0 Å². The van der Waals surface area contributed by atoms with Gasteiger partial charge in [-0.05, 0) is 25.2 Å². The van der Waals surface area contributed by atoms with E-state index in [-0.39, 0.29) is 30.6 Å². The second-order valence-electron chi connectivity index (χ2n) is 5.62. The molecule has 1 saturated carbocycles. The SMILES string of the molecule is CC1CC(N)CCC1C(=O)N1CCOC(CO)C1. The van der Waals surface area contributed by atoms with Gasteiger partial charge in [-0.15, -0.1) is 0 Å². The van der Waals surface area contributed by atoms with Crippen LogP contribution in [-0.4, -0.2) is 54.4 Å². The molecule has 4 atom stereocenters. The molecule has 5 heteroatoms. The predicted molar refractivity (Wildman–Crippen MR) is 67.9 cm³/mol. The summed E-state index contributed by atoms with van der Waals surface area (Å²) < 4.78 is 5.37. The molecule has 1 aliphatic heterocycles. The van der Waals surface area contributed by atoms with Crippen molar-refractivity contribution in [1.29, 1.82) is 0 Å². The third kappa shape index (κ3) is 3.02. The quantitative estimate of drug-likeness (QED) is 0.727. The van der Waals surface area contributed by atoms with Crippen molar-refractivity contribution in [3.8, 4) is 0 Å². The lowest BCUT2D eigenvalue weighted by Gasteiger charge is -2.38. The minimum Gasteiger partial charge on any atom is -0.394 e. The number of aliphatic hydroxyl groups is 1. The molecule has 1 heterocycles. The Morgan fingerprint density at radius 2 is 2.28 bits per heavy atom. The summed E-state index contributed by atoms with van der Waals surface area (Å²) in [4.78, 5) is 14.3. The molecule has 0 bridgehead atoms. The minimum absolute atomic E-state index is 0.0190. The van der Waals surface area contributed by atoms with Crippen molar-refractivity contribution in [1.82, 2.24) is 4.90 Å². The Bertz CT molecular complexity index is 298. The maximum Gasteiger partial charge on any atom is 0.226 e. The first-order valence-electron chi connectivity index (χ1n) is 6.88. The Labute approximate surface area is 108 Å². The van der Waals surface area contributed by atoms with Crippen LogP contribution in [0.1, 0.15) is 26.2 Å². The molecule has 0 radical (unpaired) electrons. The average molecular weight is 256 g/mol. The van der Waals surface area contributed by atoms with E-state index in [4.69, 9.17) is 15.6 Å². The summed E-state index contributed by atoms with van der Waals surface area (Å²) in [5.74, 6) is 0.676. The summed E-state index contributed by atoms with van der Waals surface area (Å²) in [6.45, 7) is 3.78. The van der Waals surface area contributed by atoms with Crippen LogP contribution in [0.5, 0.6) is 0 Å². The van der Waals surface area contributed by atoms with Crippen LogP contribution in [0.3, 0.4) is 0 Å². The van der Waals surface area contributed by atoms with Crippen molar-refractivity contribution in [2.75, 3.05) is 26.3 Å². The molecular formula is C13H24N2O3. The number of aliphatic hydroxyl groups excluding tert-OH is 1. The van der Waals surface area contributed by atoms with Crippen LogP contribution in [0.2, 0.25) is 0 Å². The summed E-state index contributed by atoms with van der Waals surface area (Å²) in [6.07, 6.45) is 2.55. The van der Waals surface area contributed by atoms with Crippen LogP contribution >= 0.6 is 0 Å². The van der Waals surface area contributed by atoms with Crippen LogP contribution in [0.4, 0.5) is 0 Å². The van der Waals surface area contributed by atoms with E-state index in [1.54, 1.807) is 0 Å². The molecule has 2 fully saturated rings. The molecule has 5 nitrogen and oxygen atoms in total. The van der Waals surface area contributed by atoms with Crippen LogP contribution in [-0.2, 0) is 9.53 Å². The molecule has 2 rings (SSSR count). The van der Waals surface area contributed by atoms with Gasteiger partial charge in [0.15, 0.2) is 0 Å². The largest absolute Gasteiger partial charge is 0.394 e. The van der Waals surface area contributed by atoms with E-state index in [1.165, 1.54) is 0 Å². The van der Waals surface area contributed by atoms with Gasteiger partial charge >= 0.3 is 0 Å². The van der Waals surface area contributed by atoms with E-state index in [0.29, 0.717) is 25.6 Å². The maximum absolute atomic E-state index is 12.5. The van der Waals surface area contributed by atoms with Crippen molar-refractivity contribution in [2.24, 2.45) is 17.6 Å². The van der Waals surface area contributed by atoms with Crippen molar-refractivity contribution in [3.63, 3.8) is 0 Å². The third-order valence-corrected chi connectivity index (χ3v) is 4.18. The van der Waals surface area contributed by atoms with Crippen LogP contribution in [0, 0.1) is 11.8 Å². The van der Waals surface area contributed by atoms with Gasteiger partial charge in [0.2, 0.25) is 5.91 Å². The average Bonchev–Trinajstić information content (AvgIpc) is 2.38. The number of carbonyl (C=O) groups excluding carboxylic acids is 1. The van der Waals surface area contributed by atoms with Crippen molar-refractivity contribution in [3.05, 3.63) is 0 Å². The number of rotatable bonds is 2. The fourth-order valence-corrected chi connectivity index (χ4v) is 3.07. The Hall–Kier alpha value is -0.650. The molecule has 0 spiro atoms. The smallest absolute Gasteiger partial charge is 0.226 e. The molecule has 0 aromatic heterocycles. The van der Waals surface area contributed by atoms with E-state index in [9.17, 15) is 4.79 Å². The number of amides is 1. The number of nitrogens with two attached hydrogens (primary N) is 1. The summed E-state index contributed by atoms with van der Waals surface area (Å²) in [6, 6.07) is 0.249. The molecule has 18 heavy (non-hydrogen) atoms. The summed E-state index contributed by atoms with van der Waals surface area (Å²) in [5.41, 5.74) is 5.93. The zero-order valence-electron chi connectivity index (χ0n) is 11.0. The van der Waals surface area contributed by atoms with Gasteiger partial charge in [0.1, 0.15) is 0 Å². The lowest BCUT2D eigenvalue weighted by Crippen LogP contribution is -2.51. The van der Waals surface area contributed by atoms with Crippen LogP contribution in [0.15, 0.2) is 0 Å². The number of hydrogen-bond acceptors (Lipinski definition) is 4. The molecule has 2 aliphatic rings. The predicted octanol–water partition coefficient (Wildman–Crippen LogP) is -0.0304. The highest BCUT2D eigenvalue weighted by atomic mass is 16.5. The van der Waals surface area contributed by atoms with Gasteiger partial charge in [-0.3, -0.25) is 4.79 Å². The van der Waals surface area contributed by atoms with Gasteiger partial charge in [-0.2, -0.15) is 0 Å². The first-order valence-corrected chi connectivity index (χ1v) is 6.88. The third-order valence-electron chi connectivity index (χ3n) is 4.18. The molecule has 104 valence electrons. The number of nitrogens with zero attached hydrogens (tertiary/aromatic N) is 1. The highest BCUT2D eigenvalue weighted by Crippen LogP contribution is 2.31. The lowest BCUT2D eigenvalue weighted by atomic mass is 9.77. The van der Waals surface area contributed by atoms with Gasteiger partial charge in [0.05, 0.1) is 19.3 Å². The molecule has 1 saturated heterocycles. The van der Waals surface area contributed by atoms with Gasteiger partial charge in [0, 0.05) is 25.0 Å². The Balaban J connectivity index is 1.94. The molecule has 1 aliphatic carbocycles. The summed E-state index contributed by atoms with van der Waals surface area (Å²) >= 11 is 0. The summed E-state index contributed by atoms with van der Waals surface area (Å²) in [7, 11) is 0. The topological polar surface area (TPSA) is 75.8 Å². The van der Waals surface area contributed by atoms with E-state index in [0.717, 1.165) is 19.3 Å². The normalized spacial score (nSPS) is 37.6. The Kier molecular flexibility index (Phi) is 4.59. The van der Waals surface area contributed by atoms with Crippen LogP contribution < -0.4 is 5.73 Å². The first-order chi connectivity index (χ1) is 8.61. The van der Waals surface area contributed by atoms with E-state index in [1.807, 2.05) is 4.90 Å². The molecule has 4 unspecified atom stereocenters. The monoisotopic (exact) mass is 256 g/mol. The second-order valence-corrected chi connectivity index (χ2v) is 5.62. The highest BCUT2D eigenvalue weighted by molar-refractivity contribution is 5.79. The summed E-state index contributed by atoms with van der Waals surface area (Å²) in [5, 5.41) is 9.11.